The van der Waals surface area contributed by atoms with Crippen LogP contribution in [0.1, 0.15) is 30.1 Å². The number of piperidine rings is 1. The molecule has 0 radical (unpaired) electrons. The summed E-state index contributed by atoms with van der Waals surface area (Å²) in [5, 5.41) is 10.8. The Balaban J connectivity index is 1.29. The highest BCUT2D eigenvalue weighted by Gasteiger charge is 2.42. The fourth-order valence-corrected chi connectivity index (χ4v) is 4.25. The van der Waals surface area contributed by atoms with Gasteiger partial charge in [0.1, 0.15) is 17.5 Å². The summed E-state index contributed by atoms with van der Waals surface area (Å²) in [5.74, 6) is -0.923. The molecule has 2 aromatic rings. The predicted molar refractivity (Wildman–Crippen MR) is 105 cm³/mol. The molecular weight excluding hydrogens is 433 g/mol. The van der Waals surface area contributed by atoms with Gasteiger partial charge in [-0.05, 0) is 62.0 Å². The van der Waals surface area contributed by atoms with Crippen molar-refractivity contribution < 1.29 is 32.4 Å². The van der Waals surface area contributed by atoms with Crippen LogP contribution in [0.4, 0.5) is 19.0 Å². The summed E-state index contributed by atoms with van der Waals surface area (Å²) in [5.41, 5.74) is -0.223. The highest BCUT2D eigenvalue weighted by molar-refractivity contribution is 5.98. The number of alkyl halides is 3. The minimum Gasteiger partial charge on any atom is -0.436 e. The second kappa shape index (κ2) is 8.08. The van der Waals surface area contributed by atoms with E-state index in [1.54, 1.807) is 4.57 Å². The fraction of sp³-hybridized carbons (Fsp3) is 0.500. The van der Waals surface area contributed by atoms with Crippen molar-refractivity contribution in [1.82, 2.24) is 14.5 Å². The number of nitrogens with zero attached hydrogens (tertiary/aromatic N) is 4. The molecule has 0 saturated carbocycles. The molecule has 4 rings (SSSR count). The van der Waals surface area contributed by atoms with E-state index in [1.165, 1.54) is 18.3 Å². The average Bonchev–Trinajstić information content (AvgIpc) is 3.22. The molecule has 0 bridgehead atoms. The Bertz CT molecular complexity index is 990. The van der Waals surface area contributed by atoms with E-state index in [1.807, 2.05) is 6.92 Å². The number of benzene rings is 1. The summed E-state index contributed by atoms with van der Waals surface area (Å²) in [6, 6.07) is 5.21. The number of carbonyl (C=O) groups excluding carboxylic acids is 1. The van der Waals surface area contributed by atoms with Crippen molar-refractivity contribution in [2.75, 3.05) is 19.6 Å². The Morgan fingerprint density at radius 3 is 2.53 bits per heavy atom. The van der Waals surface area contributed by atoms with Crippen LogP contribution in [0, 0.1) is 16.0 Å². The smallest absolute Gasteiger partial charge is 0.436 e. The molecule has 3 heterocycles. The molecular formula is C20H21F3N4O5. The molecule has 9 nitrogen and oxygen atoms in total. The lowest BCUT2D eigenvalue weighted by molar-refractivity contribution is -0.389. The van der Waals surface area contributed by atoms with Crippen molar-refractivity contribution in [3.63, 3.8) is 0 Å². The number of Topliss-reactive ketones (excluding diaryl/α,β-unsaturated/α-hetero) is 1. The van der Waals surface area contributed by atoms with Crippen LogP contribution >= 0.6 is 0 Å². The zero-order chi connectivity index (χ0) is 23.1. The maximum absolute atomic E-state index is 12.7. The molecule has 1 unspecified atom stereocenters. The molecule has 32 heavy (non-hydrogen) atoms. The molecule has 172 valence electrons. The maximum Gasteiger partial charge on any atom is 0.573 e. The van der Waals surface area contributed by atoms with E-state index in [0.29, 0.717) is 44.6 Å². The van der Waals surface area contributed by atoms with Crippen LogP contribution < -0.4 is 9.47 Å². The minimum absolute atomic E-state index is 0.0982. The Morgan fingerprint density at radius 2 is 1.97 bits per heavy atom. The predicted octanol–water partition coefficient (Wildman–Crippen LogP) is 3.44. The van der Waals surface area contributed by atoms with E-state index < -0.39 is 16.9 Å². The molecule has 1 aromatic heterocycles. The zero-order valence-electron chi connectivity index (χ0n) is 17.2. The van der Waals surface area contributed by atoms with Crippen molar-refractivity contribution in [2.45, 2.75) is 38.3 Å². The van der Waals surface area contributed by atoms with E-state index in [0.717, 1.165) is 12.1 Å². The van der Waals surface area contributed by atoms with Gasteiger partial charge in [-0.15, -0.1) is 13.2 Å². The summed E-state index contributed by atoms with van der Waals surface area (Å²) in [6.45, 7) is 4.25. The first-order chi connectivity index (χ1) is 15.0. The molecule has 1 fully saturated rings. The number of imidazole rings is 1. The van der Waals surface area contributed by atoms with E-state index in [-0.39, 0.29) is 29.3 Å². The first-order valence-electron chi connectivity index (χ1n) is 10.0. The van der Waals surface area contributed by atoms with Crippen LogP contribution in [-0.2, 0) is 6.54 Å². The first kappa shape index (κ1) is 22.1. The van der Waals surface area contributed by atoms with Gasteiger partial charge in [-0.2, -0.15) is 0 Å². The lowest BCUT2D eigenvalue weighted by Crippen LogP contribution is -2.48. The van der Waals surface area contributed by atoms with Gasteiger partial charge in [-0.25, -0.2) is 0 Å². The molecule has 12 heteroatoms. The molecule has 0 aliphatic carbocycles. The van der Waals surface area contributed by atoms with E-state index in [4.69, 9.17) is 4.74 Å². The second-order valence-electron chi connectivity index (χ2n) is 8.31. The summed E-state index contributed by atoms with van der Waals surface area (Å²) >= 11 is 0. The molecule has 0 N–H and O–H groups in total. The third-order valence-corrected chi connectivity index (χ3v) is 5.65. The topological polar surface area (TPSA) is 99.7 Å². The highest BCUT2D eigenvalue weighted by atomic mass is 19.4. The lowest BCUT2D eigenvalue weighted by atomic mass is 9.88. The van der Waals surface area contributed by atoms with Gasteiger partial charge in [-0.1, -0.05) is 0 Å². The van der Waals surface area contributed by atoms with Crippen molar-refractivity contribution in [1.29, 1.82) is 0 Å². The Hall–Kier alpha value is -3.15. The number of fused-ring (bicyclic) bond motifs is 1. The molecule has 0 spiro atoms. The number of halogens is 3. The summed E-state index contributed by atoms with van der Waals surface area (Å²) in [7, 11) is 0. The SMILES string of the molecule is CC1(CN2CCC(C(=O)c3ccc(OC(F)(F)F)cc3)CC2)Cn2cc([N+](=O)[O-])nc2O1. The second-order valence-corrected chi connectivity index (χ2v) is 8.31. The van der Waals surface area contributed by atoms with Crippen LogP contribution in [0.25, 0.3) is 0 Å². The van der Waals surface area contributed by atoms with Gasteiger partial charge < -0.3 is 19.6 Å². The van der Waals surface area contributed by atoms with Gasteiger partial charge in [0, 0.05) is 23.0 Å². The van der Waals surface area contributed by atoms with E-state index in [2.05, 4.69) is 14.6 Å². The van der Waals surface area contributed by atoms with Crippen LogP contribution in [-0.4, -0.2) is 56.8 Å². The Morgan fingerprint density at radius 1 is 1.31 bits per heavy atom. The van der Waals surface area contributed by atoms with Gasteiger partial charge in [0.05, 0.1) is 6.54 Å². The minimum atomic E-state index is -4.77. The number of aromatic nitrogens is 2. The molecule has 2 aliphatic heterocycles. The summed E-state index contributed by atoms with van der Waals surface area (Å²) in [4.78, 5) is 29.1. The van der Waals surface area contributed by atoms with Crippen LogP contribution in [0.2, 0.25) is 0 Å². The van der Waals surface area contributed by atoms with Gasteiger partial charge in [0.25, 0.3) is 0 Å². The zero-order valence-corrected chi connectivity index (χ0v) is 17.2. The van der Waals surface area contributed by atoms with Gasteiger partial charge >= 0.3 is 18.2 Å². The number of hydrogen-bond donors (Lipinski definition) is 0. The van der Waals surface area contributed by atoms with Gasteiger partial charge in [0.2, 0.25) is 0 Å². The van der Waals surface area contributed by atoms with Crippen molar-refractivity contribution in [3.05, 3.63) is 46.1 Å². The standard InChI is InChI=1S/C20H21F3N4O5/c1-19(12-26-10-16(27(29)30)24-18(26)32-19)11-25-8-6-14(7-9-25)17(28)13-2-4-15(5-3-13)31-20(21,22)23/h2-5,10,14H,6-9,11-12H2,1H3. The number of rotatable bonds is 6. The van der Waals surface area contributed by atoms with Gasteiger partial charge in [0.15, 0.2) is 5.78 Å². The average molecular weight is 454 g/mol. The largest absolute Gasteiger partial charge is 0.573 e. The van der Waals surface area contributed by atoms with Crippen molar-refractivity contribution in [3.8, 4) is 11.8 Å². The van der Waals surface area contributed by atoms with E-state index >= 15 is 0 Å². The fourth-order valence-electron chi connectivity index (χ4n) is 4.25. The Labute approximate surface area is 180 Å². The number of hydrogen-bond acceptors (Lipinski definition) is 7. The number of carbonyl (C=O) groups is 1. The third-order valence-electron chi connectivity index (χ3n) is 5.65. The molecule has 1 atom stereocenters. The maximum atomic E-state index is 12.7. The summed E-state index contributed by atoms with van der Waals surface area (Å²) in [6.07, 6.45) is -2.18. The van der Waals surface area contributed by atoms with Crippen molar-refractivity contribution in [2.24, 2.45) is 5.92 Å². The van der Waals surface area contributed by atoms with E-state index in [9.17, 15) is 28.1 Å². The number of nitro groups is 1. The highest BCUT2D eigenvalue weighted by Crippen LogP contribution is 2.33. The third kappa shape index (κ3) is 4.85. The Kier molecular flexibility index (Phi) is 5.57. The quantitative estimate of drug-likeness (QED) is 0.375. The summed E-state index contributed by atoms with van der Waals surface area (Å²) < 4.78 is 48.1. The molecule has 2 aliphatic rings. The monoisotopic (exact) mass is 454 g/mol. The molecule has 1 saturated heterocycles. The normalized spacial score (nSPS) is 21.8. The molecule has 0 amide bonds. The number of ketones is 1. The van der Waals surface area contributed by atoms with Crippen molar-refractivity contribution >= 4 is 11.6 Å². The van der Waals surface area contributed by atoms with Gasteiger partial charge in [-0.3, -0.25) is 14.3 Å². The number of ether oxygens (including phenoxy) is 2. The van der Waals surface area contributed by atoms with Crippen LogP contribution in [0.3, 0.4) is 0 Å². The molecule has 1 aromatic carbocycles. The first-order valence-corrected chi connectivity index (χ1v) is 10.0. The number of likely N-dealkylation sites (tertiary alicyclic amines) is 1. The van der Waals surface area contributed by atoms with Crippen LogP contribution in [0.5, 0.6) is 11.8 Å². The lowest BCUT2D eigenvalue weighted by Gasteiger charge is -2.35. The van der Waals surface area contributed by atoms with Crippen LogP contribution in [0.15, 0.2) is 30.5 Å².